The van der Waals surface area contributed by atoms with Crippen LogP contribution in [-0.2, 0) is 19.6 Å². The molecule has 0 heterocycles. The zero-order chi connectivity index (χ0) is 16.8. The smallest absolute Gasteiger partial charge is 0.259 e. The van der Waals surface area contributed by atoms with E-state index in [-0.39, 0.29) is 17.7 Å². The third kappa shape index (κ3) is 3.06. The topological polar surface area (TPSA) is 92.3 Å². The lowest BCUT2D eigenvalue weighted by Gasteiger charge is -2.20. The van der Waals surface area contributed by atoms with E-state index in [1.54, 1.807) is 6.08 Å². The van der Waals surface area contributed by atoms with Crippen molar-refractivity contribution in [3.05, 3.63) is 24.8 Å². The summed E-state index contributed by atoms with van der Waals surface area (Å²) in [5, 5.41) is 2.31. The van der Waals surface area contributed by atoms with Crippen LogP contribution >= 0.6 is 0 Å². The van der Waals surface area contributed by atoms with Crippen LogP contribution in [0.1, 0.15) is 38.5 Å². The Morgan fingerprint density at radius 3 is 2.43 bits per heavy atom. The maximum absolute atomic E-state index is 12.5. The molecule has 2 amide bonds. The molecule has 0 bridgehead atoms. The SMILES string of the molecule is C=CC1C[C@]1(NC(=O)C1CCC(=C)C1)C(=O)NS(=O)(=O)C1CC1. The highest BCUT2D eigenvalue weighted by Crippen LogP contribution is 2.45. The van der Waals surface area contributed by atoms with Crippen LogP contribution in [0.25, 0.3) is 0 Å². The summed E-state index contributed by atoms with van der Waals surface area (Å²) in [6.07, 6.45) is 5.32. The fourth-order valence-electron chi connectivity index (χ4n) is 3.19. The Hall–Kier alpha value is -1.63. The lowest BCUT2D eigenvalue weighted by Crippen LogP contribution is -2.53. The van der Waals surface area contributed by atoms with E-state index in [9.17, 15) is 18.0 Å². The van der Waals surface area contributed by atoms with Crippen molar-refractivity contribution in [3.63, 3.8) is 0 Å². The number of hydrogen-bond donors (Lipinski definition) is 2. The third-order valence-corrected chi connectivity index (χ3v) is 6.82. The molecule has 2 N–H and O–H groups in total. The van der Waals surface area contributed by atoms with Crippen molar-refractivity contribution in [2.75, 3.05) is 0 Å². The van der Waals surface area contributed by atoms with Gasteiger partial charge >= 0.3 is 0 Å². The largest absolute Gasteiger partial charge is 0.341 e. The van der Waals surface area contributed by atoms with E-state index in [0.29, 0.717) is 25.7 Å². The number of amides is 2. The number of carbonyl (C=O) groups is 2. The molecule has 6 nitrogen and oxygen atoms in total. The summed E-state index contributed by atoms with van der Waals surface area (Å²) in [5.74, 6) is -1.25. The maximum Gasteiger partial charge on any atom is 0.259 e. The lowest BCUT2D eigenvalue weighted by molar-refractivity contribution is -0.131. The Morgan fingerprint density at radius 2 is 1.96 bits per heavy atom. The predicted octanol–water partition coefficient (Wildman–Crippen LogP) is 1.01. The van der Waals surface area contributed by atoms with Crippen molar-refractivity contribution >= 4 is 21.8 Å². The minimum Gasteiger partial charge on any atom is -0.341 e. The van der Waals surface area contributed by atoms with Crippen molar-refractivity contribution in [3.8, 4) is 0 Å². The predicted molar refractivity (Wildman–Crippen MR) is 85.7 cm³/mol. The Balaban J connectivity index is 1.70. The average molecular weight is 338 g/mol. The van der Waals surface area contributed by atoms with Crippen LogP contribution in [0.3, 0.4) is 0 Å². The normalized spacial score (nSPS) is 33.1. The van der Waals surface area contributed by atoms with Crippen LogP contribution in [-0.4, -0.2) is 31.0 Å². The van der Waals surface area contributed by atoms with Crippen LogP contribution in [0.4, 0.5) is 0 Å². The minimum atomic E-state index is -3.62. The summed E-state index contributed by atoms with van der Waals surface area (Å²) in [4.78, 5) is 24.9. The van der Waals surface area contributed by atoms with Crippen molar-refractivity contribution in [2.45, 2.75) is 49.3 Å². The van der Waals surface area contributed by atoms with E-state index >= 15 is 0 Å². The number of carbonyl (C=O) groups excluding carboxylic acids is 2. The molecular formula is C16H22N2O4S. The first kappa shape index (κ1) is 16.2. The minimum absolute atomic E-state index is 0.182. The molecule has 0 saturated heterocycles. The average Bonchev–Trinajstić information content (AvgIpc) is 3.37. The number of allylic oxidation sites excluding steroid dienone is 1. The van der Waals surface area contributed by atoms with Crippen LogP contribution in [0.2, 0.25) is 0 Å². The van der Waals surface area contributed by atoms with Gasteiger partial charge in [0.05, 0.1) is 5.25 Å². The van der Waals surface area contributed by atoms with Gasteiger partial charge in [0, 0.05) is 11.8 Å². The molecule has 7 heteroatoms. The van der Waals surface area contributed by atoms with E-state index in [4.69, 9.17) is 0 Å². The van der Waals surface area contributed by atoms with Gasteiger partial charge in [-0.3, -0.25) is 14.3 Å². The second-order valence-electron chi connectivity index (χ2n) is 6.87. The molecule has 0 aromatic heterocycles. The van der Waals surface area contributed by atoms with Gasteiger partial charge in [0.25, 0.3) is 5.91 Å². The summed E-state index contributed by atoms with van der Waals surface area (Å²) in [5.41, 5.74) is -0.124. The highest BCUT2D eigenvalue weighted by atomic mass is 32.2. The van der Waals surface area contributed by atoms with Crippen LogP contribution in [0.5, 0.6) is 0 Å². The van der Waals surface area contributed by atoms with Gasteiger partial charge in [-0.15, -0.1) is 6.58 Å². The summed E-state index contributed by atoms with van der Waals surface area (Å²) >= 11 is 0. The maximum atomic E-state index is 12.5. The second-order valence-corrected chi connectivity index (χ2v) is 8.83. The first-order valence-electron chi connectivity index (χ1n) is 7.96. The Bertz CT molecular complexity index is 680. The van der Waals surface area contributed by atoms with Gasteiger partial charge in [0.15, 0.2) is 0 Å². The molecule has 0 aliphatic heterocycles. The second kappa shape index (κ2) is 5.47. The van der Waals surface area contributed by atoms with Gasteiger partial charge in [-0.25, -0.2) is 8.42 Å². The summed E-state index contributed by atoms with van der Waals surface area (Å²) in [6.45, 7) is 7.55. The Morgan fingerprint density at radius 1 is 1.26 bits per heavy atom. The standard InChI is InChI=1S/C16H22N2O4S/c1-3-12-9-16(12,15(20)18-23(21,22)13-6-7-13)17-14(19)11-5-4-10(2)8-11/h3,11-13H,1-2,4-9H2,(H,17,19)(H,18,20)/t11?,12?,16-/m1/s1. The van der Waals surface area contributed by atoms with Crippen molar-refractivity contribution in [1.82, 2.24) is 10.0 Å². The molecule has 3 aliphatic rings. The molecule has 23 heavy (non-hydrogen) atoms. The van der Waals surface area contributed by atoms with Gasteiger partial charge < -0.3 is 5.32 Å². The molecule has 126 valence electrons. The summed E-state index contributed by atoms with van der Waals surface area (Å²) in [6, 6.07) is 0. The third-order valence-electron chi connectivity index (χ3n) is 5.00. The quantitative estimate of drug-likeness (QED) is 0.707. The molecular weight excluding hydrogens is 316 g/mol. The Labute approximate surface area is 136 Å². The first-order chi connectivity index (χ1) is 10.8. The van der Waals surface area contributed by atoms with Crippen LogP contribution in [0.15, 0.2) is 24.8 Å². The number of nitrogens with one attached hydrogen (secondary N) is 2. The molecule has 3 atom stereocenters. The molecule has 2 unspecified atom stereocenters. The van der Waals surface area contributed by atoms with Crippen molar-refractivity contribution in [1.29, 1.82) is 0 Å². The molecule has 0 radical (unpaired) electrons. The lowest BCUT2D eigenvalue weighted by atomic mass is 10.1. The van der Waals surface area contributed by atoms with Gasteiger partial charge in [0.2, 0.25) is 15.9 Å². The Kier molecular flexibility index (Phi) is 3.86. The van der Waals surface area contributed by atoms with Gasteiger partial charge in [-0.2, -0.15) is 0 Å². The van der Waals surface area contributed by atoms with E-state index in [0.717, 1.165) is 18.4 Å². The first-order valence-corrected chi connectivity index (χ1v) is 9.50. The zero-order valence-electron chi connectivity index (χ0n) is 13.0. The van der Waals surface area contributed by atoms with Gasteiger partial charge in [0.1, 0.15) is 5.54 Å². The summed E-state index contributed by atoms with van der Waals surface area (Å²) in [7, 11) is -3.62. The highest BCUT2D eigenvalue weighted by molar-refractivity contribution is 7.90. The molecule has 3 rings (SSSR count). The zero-order valence-corrected chi connectivity index (χ0v) is 13.8. The number of hydrogen-bond acceptors (Lipinski definition) is 4. The molecule has 0 aromatic carbocycles. The van der Waals surface area contributed by atoms with E-state index < -0.39 is 26.7 Å². The number of rotatable bonds is 6. The molecule has 3 fully saturated rings. The molecule has 0 spiro atoms. The van der Waals surface area contributed by atoms with Gasteiger partial charge in [-0.1, -0.05) is 18.2 Å². The molecule has 3 aliphatic carbocycles. The molecule has 3 saturated carbocycles. The van der Waals surface area contributed by atoms with Gasteiger partial charge in [-0.05, 0) is 38.5 Å². The fraction of sp³-hybridized carbons (Fsp3) is 0.625. The molecule has 0 aromatic rings. The summed E-state index contributed by atoms with van der Waals surface area (Å²) < 4.78 is 26.1. The monoisotopic (exact) mass is 338 g/mol. The van der Waals surface area contributed by atoms with E-state index in [2.05, 4.69) is 23.2 Å². The van der Waals surface area contributed by atoms with Crippen LogP contribution < -0.4 is 10.0 Å². The van der Waals surface area contributed by atoms with Crippen molar-refractivity contribution in [2.24, 2.45) is 11.8 Å². The number of sulfonamides is 1. The van der Waals surface area contributed by atoms with E-state index in [1.165, 1.54) is 0 Å². The fourth-order valence-corrected chi connectivity index (χ4v) is 4.56. The highest BCUT2D eigenvalue weighted by Gasteiger charge is 2.61. The van der Waals surface area contributed by atoms with Crippen LogP contribution in [0, 0.1) is 11.8 Å². The van der Waals surface area contributed by atoms with Crippen molar-refractivity contribution < 1.29 is 18.0 Å². The van der Waals surface area contributed by atoms with E-state index in [1.807, 2.05) is 0 Å².